The Kier molecular flexibility index (Phi) is 5.37. The van der Waals surface area contributed by atoms with Gasteiger partial charge in [0.1, 0.15) is 0 Å². The van der Waals surface area contributed by atoms with E-state index in [-0.39, 0.29) is 0 Å². The summed E-state index contributed by atoms with van der Waals surface area (Å²) in [6, 6.07) is 7.09. The smallest absolute Gasteiger partial charge is 0.0612 e. The molecule has 1 aromatic carbocycles. The first-order valence-corrected chi connectivity index (χ1v) is 7.83. The fraction of sp³-hybridized carbons (Fsp3) is 0.600. The molecule has 0 radical (unpaired) electrons. The van der Waals surface area contributed by atoms with Gasteiger partial charge in [-0.25, -0.2) is 0 Å². The Morgan fingerprint density at radius 1 is 1.26 bits per heavy atom. The number of piperidine rings is 1. The Hall–Kier alpha value is -0.440. The van der Waals surface area contributed by atoms with Gasteiger partial charge in [-0.2, -0.15) is 0 Å². The molecule has 1 heterocycles. The number of halogens is 2. The molecule has 1 saturated heterocycles. The van der Waals surface area contributed by atoms with Crippen molar-refractivity contribution in [3.63, 3.8) is 0 Å². The maximum atomic E-state index is 6.17. The molecule has 1 aliphatic rings. The third kappa shape index (κ3) is 3.56. The molecule has 1 aliphatic heterocycles. The average molecular weight is 301 g/mol. The second-order valence-corrected chi connectivity index (χ2v) is 6.06. The molecular weight excluding hydrogens is 279 g/mol. The molecule has 0 bridgehead atoms. The summed E-state index contributed by atoms with van der Waals surface area (Å²) in [6.45, 7) is 6.71. The van der Waals surface area contributed by atoms with Crippen molar-refractivity contribution >= 4 is 28.9 Å². The standard InChI is InChI=1S/C15H22Cl2N2/c1-3-11(2)19(12-6-8-18-9-7-12)13-4-5-14(16)15(17)10-13/h4-5,10-12,18H,3,6-9H2,1-2H3. The Morgan fingerprint density at radius 2 is 1.95 bits per heavy atom. The highest BCUT2D eigenvalue weighted by atomic mass is 35.5. The predicted octanol–water partition coefficient (Wildman–Crippen LogP) is 4.35. The number of hydrogen-bond donors (Lipinski definition) is 1. The van der Waals surface area contributed by atoms with Gasteiger partial charge in [0.05, 0.1) is 10.0 Å². The van der Waals surface area contributed by atoms with Gasteiger partial charge in [0.15, 0.2) is 0 Å². The van der Waals surface area contributed by atoms with Crippen LogP contribution in [-0.4, -0.2) is 25.2 Å². The second kappa shape index (κ2) is 6.83. The van der Waals surface area contributed by atoms with Crippen molar-refractivity contribution in [3.05, 3.63) is 28.2 Å². The van der Waals surface area contributed by atoms with E-state index in [2.05, 4.69) is 30.1 Å². The fourth-order valence-corrected chi connectivity index (χ4v) is 3.04. The van der Waals surface area contributed by atoms with Crippen molar-refractivity contribution in [3.8, 4) is 0 Å². The normalized spacial score (nSPS) is 18.3. The molecule has 1 unspecified atom stereocenters. The van der Waals surface area contributed by atoms with E-state index in [0.29, 0.717) is 22.1 Å². The van der Waals surface area contributed by atoms with E-state index in [1.807, 2.05) is 12.1 Å². The summed E-state index contributed by atoms with van der Waals surface area (Å²) < 4.78 is 0. The van der Waals surface area contributed by atoms with Crippen LogP contribution in [0.3, 0.4) is 0 Å². The fourth-order valence-electron chi connectivity index (χ4n) is 2.75. The van der Waals surface area contributed by atoms with Crippen LogP contribution in [0, 0.1) is 0 Å². The Bertz CT molecular complexity index is 417. The lowest BCUT2D eigenvalue weighted by Gasteiger charge is -2.40. The number of rotatable bonds is 4. The first-order valence-electron chi connectivity index (χ1n) is 7.07. The van der Waals surface area contributed by atoms with E-state index >= 15 is 0 Å². The summed E-state index contributed by atoms with van der Waals surface area (Å²) in [5, 5.41) is 4.69. The molecule has 4 heteroatoms. The number of benzene rings is 1. The summed E-state index contributed by atoms with van der Waals surface area (Å²) in [5.74, 6) is 0. The van der Waals surface area contributed by atoms with Crippen LogP contribution in [-0.2, 0) is 0 Å². The van der Waals surface area contributed by atoms with E-state index < -0.39 is 0 Å². The number of nitrogens with one attached hydrogen (secondary N) is 1. The summed E-state index contributed by atoms with van der Waals surface area (Å²) in [5.41, 5.74) is 1.19. The van der Waals surface area contributed by atoms with Gasteiger partial charge >= 0.3 is 0 Å². The second-order valence-electron chi connectivity index (χ2n) is 5.24. The lowest BCUT2D eigenvalue weighted by atomic mass is 10.0. The van der Waals surface area contributed by atoms with Crippen molar-refractivity contribution in [1.82, 2.24) is 5.32 Å². The van der Waals surface area contributed by atoms with E-state index in [0.717, 1.165) is 19.5 Å². The van der Waals surface area contributed by atoms with Crippen LogP contribution in [0.4, 0.5) is 5.69 Å². The molecule has 0 amide bonds. The van der Waals surface area contributed by atoms with Crippen LogP contribution >= 0.6 is 23.2 Å². The molecule has 1 fully saturated rings. The molecule has 19 heavy (non-hydrogen) atoms. The largest absolute Gasteiger partial charge is 0.366 e. The maximum absolute atomic E-state index is 6.17. The highest BCUT2D eigenvalue weighted by molar-refractivity contribution is 6.42. The van der Waals surface area contributed by atoms with Crippen LogP contribution in [0.1, 0.15) is 33.1 Å². The van der Waals surface area contributed by atoms with Gasteiger partial charge in [0.2, 0.25) is 0 Å². The quantitative estimate of drug-likeness (QED) is 0.889. The van der Waals surface area contributed by atoms with Gasteiger partial charge in [0, 0.05) is 17.8 Å². The first kappa shape index (κ1) is 15.0. The average Bonchev–Trinajstić information content (AvgIpc) is 2.44. The van der Waals surface area contributed by atoms with Crippen LogP contribution in [0.15, 0.2) is 18.2 Å². The highest BCUT2D eigenvalue weighted by Crippen LogP contribution is 2.31. The van der Waals surface area contributed by atoms with E-state index in [9.17, 15) is 0 Å². The van der Waals surface area contributed by atoms with Crippen LogP contribution in [0.25, 0.3) is 0 Å². The Balaban J connectivity index is 2.27. The molecular formula is C15H22Cl2N2. The zero-order chi connectivity index (χ0) is 13.8. The lowest BCUT2D eigenvalue weighted by molar-refractivity contribution is 0.403. The van der Waals surface area contributed by atoms with Gasteiger partial charge < -0.3 is 10.2 Å². The third-order valence-corrected chi connectivity index (χ3v) is 4.71. The van der Waals surface area contributed by atoms with Crippen molar-refractivity contribution < 1.29 is 0 Å². The van der Waals surface area contributed by atoms with Gasteiger partial charge in [0.25, 0.3) is 0 Å². The molecule has 1 N–H and O–H groups in total. The van der Waals surface area contributed by atoms with E-state index in [4.69, 9.17) is 23.2 Å². The monoisotopic (exact) mass is 300 g/mol. The zero-order valence-electron chi connectivity index (χ0n) is 11.6. The third-order valence-electron chi connectivity index (χ3n) is 3.97. The minimum absolute atomic E-state index is 0.514. The summed E-state index contributed by atoms with van der Waals surface area (Å²) in [4.78, 5) is 2.52. The van der Waals surface area contributed by atoms with Crippen LogP contribution in [0.5, 0.6) is 0 Å². The van der Waals surface area contributed by atoms with Crippen LogP contribution in [0.2, 0.25) is 10.0 Å². The number of nitrogens with zero attached hydrogens (tertiary/aromatic N) is 1. The maximum Gasteiger partial charge on any atom is 0.0612 e. The number of hydrogen-bond acceptors (Lipinski definition) is 2. The molecule has 0 aromatic heterocycles. The Labute approximate surface area is 126 Å². The van der Waals surface area contributed by atoms with Gasteiger partial charge in [-0.15, -0.1) is 0 Å². The van der Waals surface area contributed by atoms with Crippen molar-refractivity contribution in [2.24, 2.45) is 0 Å². The van der Waals surface area contributed by atoms with Crippen molar-refractivity contribution in [1.29, 1.82) is 0 Å². The van der Waals surface area contributed by atoms with Gasteiger partial charge in [-0.1, -0.05) is 30.1 Å². The molecule has 0 spiro atoms. The predicted molar refractivity (Wildman–Crippen MR) is 84.6 cm³/mol. The molecule has 0 aliphatic carbocycles. The summed E-state index contributed by atoms with van der Waals surface area (Å²) in [7, 11) is 0. The van der Waals surface area contributed by atoms with Crippen LogP contribution < -0.4 is 10.2 Å². The minimum atomic E-state index is 0.514. The van der Waals surface area contributed by atoms with E-state index in [1.165, 1.54) is 18.5 Å². The molecule has 1 atom stereocenters. The topological polar surface area (TPSA) is 15.3 Å². The Morgan fingerprint density at radius 3 is 2.53 bits per heavy atom. The lowest BCUT2D eigenvalue weighted by Crippen LogP contribution is -2.47. The molecule has 0 saturated carbocycles. The first-order chi connectivity index (χ1) is 9.13. The molecule has 2 rings (SSSR count). The van der Waals surface area contributed by atoms with E-state index in [1.54, 1.807) is 0 Å². The van der Waals surface area contributed by atoms with Crippen molar-refractivity contribution in [2.75, 3.05) is 18.0 Å². The number of anilines is 1. The highest BCUT2D eigenvalue weighted by Gasteiger charge is 2.25. The minimum Gasteiger partial charge on any atom is -0.366 e. The zero-order valence-corrected chi connectivity index (χ0v) is 13.1. The summed E-state index contributed by atoms with van der Waals surface area (Å²) >= 11 is 12.2. The summed E-state index contributed by atoms with van der Waals surface area (Å²) in [6.07, 6.45) is 3.50. The molecule has 106 valence electrons. The van der Waals surface area contributed by atoms with Gasteiger partial charge in [-0.05, 0) is 57.5 Å². The SMILES string of the molecule is CCC(C)N(c1ccc(Cl)c(Cl)c1)C1CCNCC1. The molecule has 1 aromatic rings. The van der Waals surface area contributed by atoms with Crippen molar-refractivity contribution in [2.45, 2.75) is 45.2 Å². The molecule has 2 nitrogen and oxygen atoms in total. The van der Waals surface area contributed by atoms with Gasteiger partial charge in [-0.3, -0.25) is 0 Å².